The number of nitrogens with one attached hydrogen (secondary N) is 2. The molecule has 0 aromatic heterocycles. The third kappa shape index (κ3) is 5.14. The van der Waals surface area contributed by atoms with Gasteiger partial charge in [0.1, 0.15) is 0 Å². The van der Waals surface area contributed by atoms with Gasteiger partial charge in [-0.2, -0.15) is 0 Å². The number of fused-ring (bicyclic) bond motifs is 1. The van der Waals surface area contributed by atoms with Crippen LogP contribution in [0, 0.1) is 5.92 Å². The van der Waals surface area contributed by atoms with E-state index in [1.54, 1.807) is 4.90 Å². The fraction of sp³-hybridized carbons (Fsp3) is 0.444. The zero-order chi connectivity index (χ0) is 23.5. The largest absolute Gasteiger partial charge is 0.353 e. The first-order valence-electron chi connectivity index (χ1n) is 12.3. The van der Waals surface area contributed by atoms with Crippen molar-refractivity contribution in [3.63, 3.8) is 0 Å². The second-order valence-corrected chi connectivity index (χ2v) is 9.69. The number of amides is 3. The van der Waals surface area contributed by atoms with Crippen LogP contribution in [-0.4, -0.2) is 54.8 Å². The lowest BCUT2D eigenvalue weighted by Crippen LogP contribution is -2.48. The van der Waals surface area contributed by atoms with Crippen molar-refractivity contribution >= 4 is 29.1 Å². The number of carbonyl (C=O) groups excluding carboxylic acids is 3. The zero-order valence-electron chi connectivity index (χ0n) is 19.5. The molecule has 0 bridgehead atoms. The summed E-state index contributed by atoms with van der Waals surface area (Å²) >= 11 is 0. The molecule has 178 valence electrons. The number of anilines is 2. The molecule has 2 aromatic carbocycles. The minimum Gasteiger partial charge on any atom is -0.353 e. The molecule has 34 heavy (non-hydrogen) atoms. The van der Waals surface area contributed by atoms with E-state index in [4.69, 9.17) is 0 Å². The van der Waals surface area contributed by atoms with Crippen molar-refractivity contribution < 1.29 is 14.4 Å². The Kier molecular flexibility index (Phi) is 6.63. The van der Waals surface area contributed by atoms with Gasteiger partial charge in [-0.15, -0.1) is 0 Å². The molecule has 2 saturated heterocycles. The van der Waals surface area contributed by atoms with Crippen LogP contribution in [0.3, 0.4) is 0 Å². The number of para-hydroxylation sites is 1. The molecule has 0 spiro atoms. The Bertz CT molecular complexity index is 1060. The maximum absolute atomic E-state index is 12.9. The van der Waals surface area contributed by atoms with Gasteiger partial charge in [0.2, 0.25) is 17.7 Å². The van der Waals surface area contributed by atoms with Crippen LogP contribution >= 0.6 is 0 Å². The molecule has 1 unspecified atom stereocenters. The Balaban J connectivity index is 1.08. The number of benzene rings is 2. The number of hydrogen-bond acceptors (Lipinski definition) is 4. The summed E-state index contributed by atoms with van der Waals surface area (Å²) in [5.74, 6) is -0.338. The minimum atomic E-state index is -0.310. The summed E-state index contributed by atoms with van der Waals surface area (Å²) in [5.41, 5.74) is 4.44. The van der Waals surface area contributed by atoms with Gasteiger partial charge in [-0.1, -0.05) is 24.3 Å². The molecule has 3 aliphatic rings. The third-order valence-electron chi connectivity index (χ3n) is 7.25. The van der Waals surface area contributed by atoms with E-state index in [1.807, 2.05) is 36.4 Å². The predicted octanol–water partition coefficient (Wildman–Crippen LogP) is 2.75. The summed E-state index contributed by atoms with van der Waals surface area (Å²) in [6.07, 6.45) is 5.24. The predicted molar refractivity (Wildman–Crippen MR) is 132 cm³/mol. The summed E-state index contributed by atoms with van der Waals surface area (Å²) in [6, 6.07) is 15.8. The Morgan fingerprint density at radius 3 is 2.53 bits per heavy atom. The maximum atomic E-state index is 12.9. The van der Waals surface area contributed by atoms with Gasteiger partial charge in [0.15, 0.2) is 0 Å². The third-order valence-corrected chi connectivity index (χ3v) is 7.25. The van der Waals surface area contributed by atoms with Gasteiger partial charge in [0.25, 0.3) is 0 Å². The van der Waals surface area contributed by atoms with Gasteiger partial charge in [-0.05, 0) is 67.5 Å². The van der Waals surface area contributed by atoms with Crippen molar-refractivity contribution in [1.82, 2.24) is 10.2 Å². The van der Waals surface area contributed by atoms with Gasteiger partial charge in [-0.25, -0.2) is 0 Å². The number of piperidine rings is 1. The molecule has 7 heteroatoms. The highest BCUT2D eigenvalue weighted by Crippen LogP contribution is 2.30. The summed E-state index contributed by atoms with van der Waals surface area (Å²) in [6.45, 7) is 2.32. The van der Waals surface area contributed by atoms with Gasteiger partial charge in [0, 0.05) is 43.5 Å². The molecular weight excluding hydrogens is 428 g/mol. The summed E-state index contributed by atoms with van der Waals surface area (Å²) < 4.78 is 0. The molecule has 1 aliphatic carbocycles. The average Bonchev–Trinajstić information content (AvgIpc) is 3.47. The van der Waals surface area contributed by atoms with Gasteiger partial charge in [0.05, 0.1) is 12.5 Å². The molecule has 2 fully saturated rings. The molecule has 2 aromatic rings. The monoisotopic (exact) mass is 460 g/mol. The Morgan fingerprint density at radius 2 is 1.74 bits per heavy atom. The molecule has 5 rings (SSSR count). The molecule has 7 nitrogen and oxygen atoms in total. The number of aryl methyl sites for hydroxylation is 2. The van der Waals surface area contributed by atoms with Crippen LogP contribution in [0.25, 0.3) is 0 Å². The van der Waals surface area contributed by atoms with Crippen molar-refractivity contribution in [3.8, 4) is 0 Å². The number of rotatable bonds is 6. The first-order chi connectivity index (χ1) is 16.5. The average molecular weight is 461 g/mol. The van der Waals surface area contributed by atoms with Crippen molar-refractivity contribution in [2.45, 2.75) is 44.6 Å². The first kappa shape index (κ1) is 22.6. The van der Waals surface area contributed by atoms with E-state index in [2.05, 4.69) is 27.7 Å². The second kappa shape index (κ2) is 9.97. The highest BCUT2D eigenvalue weighted by Gasteiger charge is 2.36. The fourth-order valence-corrected chi connectivity index (χ4v) is 5.34. The molecule has 2 aliphatic heterocycles. The van der Waals surface area contributed by atoms with Gasteiger partial charge < -0.3 is 15.5 Å². The molecule has 1 atom stereocenters. The van der Waals surface area contributed by atoms with Crippen LogP contribution in [0.1, 0.15) is 36.8 Å². The molecule has 3 amide bonds. The normalized spacial score (nSPS) is 20.9. The fourth-order valence-electron chi connectivity index (χ4n) is 5.34. The van der Waals surface area contributed by atoms with Crippen molar-refractivity contribution in [3.05, 3.63) is 59.7 Å². The lowest BCUT2D eigenvalue weighted by Gasteiger charge is -2.32. The van der Waals surface area contributed by atoms with E-state index >= 15 is 0 Å². The van der Waals surface area contributed by atoms with Crippen molar-refractivity contribution in [2.75, 3.05) is 36.4 Å². The first-order valence-corrected chi connectivity index (χ1v) is 12.3. The smallest absolute Gasteiger partial charge is 0.238 e. The van der Waals surface area contributed by atoms with E-state index in [0.717, 1.165) is 50.1 Å². The summed E-state index contributed by atoms with van der Waals surface area (Å²) in [5, 5.41) is 6.08. The van der Waals surface area contributed by atoms with Gasteiger partial charge in [-0.3, -0.25) is 19.3 Å². The maximum Gasteiger partial charge on any atom is 0.238 e. The summed E-state index contributed by atoms with van der Waals surface area (Å²) in [4.78, 5) is 41.8. The number of nitrogens with zero attached hydrogens (tertiary/aromatic N) is 2. The number of carbonyl (C=O) groups is 3. The molecular formula is C27H32N4O3. The van der Waals surface area contributed by atoms with E-state index < -0.39 is 0 Å². The molecule has 2 heterocycles. The van der Waals surface area contributed by atoms with Crippen LogP contribution in [-0.2, 0) is 27.2 Å². The number of hydrogen-bond donors (Lipinski definition) is 2. The van der Waals surface area contributed by atoms with E-state index in [9.17, 15) is 14.4 Å². The molecule has 0 saturated carbocycles. The van der Waals surface area contributed by atoms with Crippen LogP contribution < -0.4 is 15.5 Å². The Hall–Kier alpha value is -3.19. The quantitative estimate of drug-likeness (QED) is 0.695. The Morgan fingerprint density at radius 1 is 0.971 bits per heavy atom. The highest BCUT2D eigenvalue weighted by atomic mass is 16.2. The zero-order valence-corrected chi connectivity index (χ0v) is 19.5. The van der Waals surface area contributed by atoms with Gasteiger partial charge >= 0.3 is 0 Å². The highest BCUT2D eigenvalue weighted by molar-refractivity contribution is 6.00. The van der Waals surface area contributed by atoms with Crippen LogP contribution in [0.4, 0.5) is 11.4 Å². The topological polar surface area (TPSA) is 81.8 Å². The minimum absolute atomic E-state index is 0.0233. The molecule has 2 N–H and O–H groups in total. The SMILES string of the molecule is O=C(CN1CCC(NC(=O)C2CC(=O)N(c3ccc4c(c3)CCC4)C2)CC1)Nc1ccccc1. The lowest BCUT2D eigenvalue weighted by molar-refractivity contribution is -0.127. The molecule has 0 radical (unpaired) electrons. The standard InChI is InChI=1S/C27H32N4O3/c32-25(28-22-7-2-1-3-8-22)18-30-13-11-23(12-14-30)29-27(34)21-16-26(33)31(17-21)24-10-9-19-5-4-6-20(19)15-24/h1-3,7-10,15,21,23H,4-6,11-14,16-18H2,(H,28,32)(H,29,34). The van der Waals surface area contributed by atoms with Crippen LogP contribution in [0.2, 0.25) is 0 Å². The van der Waals surface area contributed by atoms with E-state index in [1.165, 1.54) is 17.5 Å². The number of likely N-dealkylation sites (tertiary alicyclic amines) is 1. The Labute approximate surface area is 200 Å². The van der Waals surface area contributed by atoms with Crippen molar-refractivity contribution in [1.29, 1.82) is 0 Å². The second-order valence-electron chi connectivity index (χ2n) is 9.69. The van der Waals surface area contributed by atoms with E-state index in [-0.39, 0.29) is 36.1 Å². The lowest BCUT2D eigenvalue weighted by atomic mass is 10.0. The van der Waals surface area contributed by atoms with Crippen LogP contribution in [0.5, 0.6) is 0 Å². The van der Waals surface area contributed by atoms with Crippen molar-refractivity contribution in [2.24, 2.45) is 5.92 Å². The van der Waals surface area contributed by atoms with Crippen LogP contribution in [0.15, 0.2) is 48.5 Å². The summed E-state index contributed by atoms with van der Waals surface area (Å²) in [7, 11) is 0. The van der Waals surface area contributed by atoms with E-state index in [0.29, 0.717) is 13.1 Å².